The molecule has 1 N–H and O–H groups in total. The van der Waals surface area contributed by atoms with Crippen molar-refractivity contribution in [3.05, 3.63) is 53.3 Å². The summed E-state index contributed by atoms with van der Waals surface area (Å²) >= 11 is 0. The van der Waals surface area contributed by atoms with Gasteiger partial charge < -0.3 is 23.7 Å². The summed E-state index contributed by atoms with van der Waals surface area (Å²) in [4.78, 5) is 13.0. The number of rotatable bonds is 17. The molecule has 206 valence electrons. The Morgan fingerprint density at radius 3 is 2.24 bits per heavy atom. The molecule has 0 radical (unpaired) electrons. The molecule has 2 atom stereocenters. The zero-order chi connectivity index (χ0) is 28.0. The molecule has 1 aromatic heterocycles. The molecule has 0 saturated heterocycles. The van der Waals surface area contributed by atoms with Crippen LogP contribution < -0.4 is 0 Å². The molecule has 2 unspecified atom stereocenters. The number of hydrogen-bond acceptors (Lipinski definition) is 9. The fraction of sp³-hybridized carbons (Fsp3) is 0.462. The summed E-state index contributed by atoms with van der Waals surface area (Å²) in [7, 11) is -4.86. The highest BCUT2D eigenvalue weighted by Gasteiger charge is 2.51. The van der Waals surface area contributed by atoms with Crippen molar-refractivity contribution in [1.82, 2.24) is 9.78 Å². The summed E-state index contributed by atoms with van der Waals surface area (Å²) in [5.41, 5.74) is 0.918. The van der Waals surface area contributed by atoms with Crippen molar-refractivity contribution in [3.8, 4) is 24.7 Å². The van der Waals surface area contributed by atoms with Gasteiger partial charge in [0, 0.05) is 6.20 Å². The Labute approximate surface area is 223 Å². The molecule has 0 fully saturated rings. The van der Waals surface area contributed by atoms with E-state index in [1.807, 2.05) is 6.92 Å². The van der Waals surface area contributed by atoms with Gasteiger partial charge in [-0.2, -0.15) is 13.5 Å². The van der Waals surface area contributed by atoms with Crippen LogP contribution in [0, 0.1) is 31.6 Å². The average Bonchev–Trinajstić information content (AvgIpc) is 3.36. The van der Waals surface area contributed by atoms with Gasteiger partial charge in [0.2, 0.25) is 6.29 Å². The predicted octanol–water partition coefficient (Wildman–Crippen LogP) is 1.81. The number of aromatic nitrogens is 2. The Hall–Kier alpha value is -3.23. The second-order valence-corrected chi connectivity index (χ2v) is 9.94. The van der Waals surface area contributed by atoms with Crippen molar-refractivity contribution < 1.29 is 41.4 Å². The largest absolute Gasteiger partial charge is 0.429 e. The lowest BCUT2D eigenvalue weighted by Gasteiger charge is -2.34. The van der Waals surface area contributed by atoms with Crippen LogP contribution in [0.3, 0.4) is 0 Å². The van der Waals surface area contributed by atoms with Gasteiger partial charge in [-0.15, -0.1) is 12.8 Å². The molecule has 38 heavy (non-hydrogen) atoms. The molecule has 1 heterocycles. The van der Waals surface area contributed by atoms with E-state index < -0.39 is 27.1 Å². The minimum atomic E-state index is -4.86. The van der Waals surface area contributed by atoms with Gasteiger partial charge in [0.05, 0.1) is 39.6 Å². The van der Waals surface area contributed by atoms with E-state index in [-0.39, 0.29) is 37.7 Å². The third-order valence-corrected chi connectivity index (χ3v) is 6.88. The molecule has 2 rings (SSSR count). The topological polar surface area (TPSA) is 135 Å². The van der Waals surface area contributed by atoms with Crippen molar-refractivity contribution in [1.29, 1.82) is 0 Å². The zero-order valence-electron chi connectivity index (χ0n) is 21.4. The van der Waals surface area contributed by atoms with Gasteiger partial charge in [-0.3, -0.25) is 9.23 Å². The van der Waals surface area contributed by atoms with Crippen LogP contribution in [0.15, 0.2) is 36.5 Å². The van der Waals surface area contributed by atoms with E-state index in [1.54, 1.807) is 18.3 Å². The third-order valence-electron chi connectivity index (χ3n) is 5.38. The van der Waals surface area contributed by atoms with Gasteiger partial charge in [-0.25, -0.2) is 4.79 Å². The number of nitrogens with zero attached hydrogens (tertiary/aromatic N) is 2. The number of esters is 1. The summed E-state index contributed by atoms with van der Waals surface area (Å²) in [6.07, 6.45) is 10.0. The first-order valence-corrected chi connectivity index (χ1v) is 13.1. The molecule has 11 nitrogen and oxygen atoms in total. The zero-order valence-corrected chi connectivity index (χ0v) is 22.2. The summed E-state index contributed by atoms with van der Waals surface area (Å²) in [5, 5.41) is 4.15. The molecule has 2 aromatic rings. The molecule has 0 aliphatic carbocycles. The number of aryl methyl sites for hydroxylation is 1. The summed E-state index contributed by atoms with van der Waals surface area (Å²) in [6, 6.07) is 7.75. The van der Waals surface area contributed by atoms with Crippen molar-refractivity contribution in [2.24, 2.45) is 0 Å². The Morgan fingerprint density at radius 2 is 1.63 bits per heavy atom. The van der Waals surface area contributed by atoms with E-state index >= 15 is 0 Å². The van der Waals surface area contributed by atoms with E-state index in [4.69, 9.17) is 36.5 Å². The normalized spacial score (nSPS) is 13.7. The molecular weight excluding hydrogens is 516 g/mol. The Morgan fingerprint density at radius 1 is 1.03 bits per heavy atom. The number of benzene rings is 1. The molecule has 0 amide bonds. The lowest BCUT2D eigenvalue weighted by atomic mass is 9.98. The maximum Gasteiger partial charge on any atom is 0.361 e. The SMILES string of the molecule is C#CCOCCOCCn1ccc(C(=O)OC(OCCOCC#C)C(C)(c2ccc(C)cc2)S(=O)(=O)O)n1. The first-order valence-electron chi connectivity index (χ1n) is 11.6. The van der Waals surface area contributed by atoms with E-state index in [9.17, 15) is 17.8 Å². The van der Waals surface area contributed by atoms with Crippen molar-refractivity contribution in [2.75, 3.05) is 46.2 Å². The van der Waals surface area contributed by atoms with Gasteiger partial charge in [-0.1, -0.05) is 41.7 Å². The Bertz CT molecular complexity index is 1210. The summed E-state index contributed by atoms with van der Waals surface area (Å²) in [6.45, 7) is 4.39. The lowest BCUT2D eigenvalue weighted by Crippen LogP contribution is -2.48. The van der Waals surface area contributed by atoms with Crippen LogP contribution in [-0.2, 0) is 45.1 Å². The molecule has 0 spiro atoms. The first kappa shape index (κ1) is 31.0. The van der Waals surface area contributed by atoms with Gasteiger partial charge in [0.1, 0.15) is 13.2 Å². The van der Waals surface area contributed by atoms with Gasteiger partial charge >= 0.3 is 5.97 Å². The highest BCUT2D eigenvalue weighted by atomic mass is 32.2. The third kappa shape index (κ3) is 8.96. The van der Waals surface area contributed by atoms with Crippen LogP contribution >= 0.6 is 0 Å². The Kier molecular flexibility index (Phi) is 12.4. The quantitative estimate of drug-likeness (QED) is 0.102. The number of carbonyl (C=O) groups is 1. The number of ether oxygens (including phenoxy) is 5. The predicted molar refractivity (Wildman–Crippen MR) is 138 cm³/mol. The summed E-state index contributed by atoms with van der Waals surface area (Å²) < 4.78 is 61.6. The summed E-state index contributed by atoms with van der Waals surface area (Å²) in [5.74, 6) is 3.69. The van der Waals surface area contributed by atoms with E-state index in [0.29, 0.717) is 26.4 Å². The van der Waals surface area contributed by atoms with Crippen LogP contribution in [0.25, 0.3) is 0 Å². The smallest absolute Gasteiger partial charge is 0.361 e. The molecule has 0 aliphatic heterocycles. The molecule has 0 bridgehead atoms. The minimum Gasteiger partial charge on any atom is -0.429 e. The van der Waals surface area contributed by atoms with Gasteiger partial charge in [-0.05, 0) is 25.5 Å². The monoisotopic (exact) mass is 548 g/mol. The minimum absolute atomic E-state index is 0.00386. The second-order valence-electron chi connectivity index (χ2n) is 8.15. The van der Waals surface area contributed by atoms with Gasteiger partial charge in [0.15, 0.2) is 10.4 Å². The maximum absolute atomic E-state index is 13.0. The van der Waals surface area contributed by atoms with Crippen LogP contribution in [0.4, 0.5) is 0 Å². The van der Waals surface area contributed by atoms with E-state index in [0.717, 1.165) is 5.56 Å². The van der Waals surface area contributed by atoms with Crippen molar-refractivity contribution >= 4 is 16.1 Å². The number of carbonyl (C=O) groups excluding carboxylic acids is 1. The van der Waals surface area contributed by atoms with Crippen LogP contribution in [0.2, 0.25) is 0 Å². The highest BCUT2D eigenvalue weighted by Crippen LogP contribution is 2.36. The fourth-order valence-corrected chi connectivity index (χ4v) is 4.00. The lowest BCUT2D eigenvalue weighted by molar-refractivity contribution is -0.140. The fourth-order valence-electron chi connectivity index (χ4n) is 3.20. The van der Waals surface area contributed by atoms with Gasteiger partial charge in [0.25, 0.3) is 10.1 Å². The molecule has 1 aromatic carbocycles. The van der Waals surface area contributed by atoms with Crippen LogP contribution in [0.5, 0.6) is 0 Å². The number of hydrogen-bond donors (Lipinski definition) is 1. The second kappa shape index (κ2) is 15.2. The molecule has 12 heteroatoms. The first-order chi connectivity index (χ1) is 18.1. The number of terminal acetylenes is 2. The van der Waals surface area contributed by atoms with Crippen LogP contribution in [-0.4, -0.2) is 81.3 Å². The molecule has 0 saturated carbocycles. The highest BCUT2D eigenvalue weighted by molar-refractivity contribution is 7.86. The maximum atomic E-state index is 13.0. The van der Waals surface area contributed by atoms with E-state index in [2.05, 4.69) is 16.9 Å². The van der Waals surface area contributed by atoms with Crippen molar-refractivity contribution in [2.45, 2.75) is 31.4 Å². The van der Waals surface area contributed by atoms with Crippen molar-refractivity contribution in [3.63, 3.8) is 0 Å². The van der Waals surface area contributed by atoms with Crippen LogP contribution in [0.1, 0.15) is 28.5 Å². The Balaban J connectivity index is 2.16. The average molecular weight is 549 g/mol. The molecule has 0 aliphatic rings. The molecular formula is C26H32N2O9S. The van der Waals surface area contributed by atoms with E-state index in [1.165, 1.54) is 29.8 Å². The standard InChI is InChI=1S/C26H32N2O9S/c1-5-14-33-17-18-35-16-13-28-12-11-23(27-28)24(29)37-25(36-20-19-34-15-6-2)26(4,38(30,31)32)22-9-7-21(3)8-10-22/h1-2,7-12,25H,13-20H2,3-4H3,(H,30,31,32).